The Morgan fingerprint density at radius 2 is 2.04 bits per heavy atom. The number of ether oxygens (including phenoxy) is 2. The fraction of sp³-hybridized carbons (Fsp3) is 0.400. The van der Waals surface area contributed by atoms with Gasteiger partial charge in [0.05, 0.1) is 0 Å². The molecule has 28 heavy (non-hydrogen) atoms. The molecule has 0 aliphatic heterocycles. The summed E-state index contributed by atoms with van der Waals surface area (Å²) in [7, 11) is 0. The van der Waals surface area contributed by atoms with Crippen LogP contribution in [0, 0.1) is 17.6 Å². The second-order valence-electron chi connectivity index (χ2n) is 7.64. The van der Waals surface area contributed by atoms with Gasteiger partial charge in [-0.2, -0.15) is 4.39 Å². The molecule has 0 saturated heterocycles. The van der Waals surface area contributed by atoms with Crippen LogP contribution in [0.5, 0.6) is 5.75 Å². The van der Waals surface area contributed by atoms with Crippen molar-refractivity contribution in [2.75, 3.05) is 0 Å². The van der Waals surface area contributed by atoms with Crippen molar-refractivity contribution in [2.45, 2.75) is 51.4 Å². The molecule has 1 aromatic heterocycles. The van der Waals surface area contributed by atoms with Gasteiger partial charge < -0.3 is 14.8 Å². The number of amides is 1. The van der Waals surface area contributed by atoms with Crippen molar-refractivity contribution < 1.29 is 27.4 Å². The maximum absolute atomic E-state index is 14.3. The van der Waals surface area contributed by atoms with Gasteiger partial charge in [0, 0.05) is 35.3 Å². The highest BCUT2D eigenvalue weighted by molar-refractivity contribution is 5.69. The molecule has 2 atom stereocenters. The van der Waals surface area contributed by atoms with Crippen molar-refractivity contribution in [3.63, 3.8) is 0 Å². The van der Waals surface area contributed by atoms with E-state index in [1.165, 1.54) is 24.4 Å². The number of carbonyl (C=O) groups excluding carboxylic acids is 1. The summed E-state index contributed by atoms with van der Waals surface area (Å²) >= 11 is 0. The number of nitrogens with zero attached hydrogens (tertiary/aromatic N) is 1. The van der Waals surface area contributed by atoms with Gasteiger partial charge in [-0.05, 0) is 45.4 Å². The molecule has 1 heterocycles. The molecule has 0 radical (unpaired) electrons. The van der Waals surface area contributed by atoms with Crippen LogP contribution in [0.2, 0.25) is 0 Å². The number of hydrogen-bond acceptors (Lipinski definition) is 4. The fourth-order valence-electron chi connectivity index (χ4n) is 2.84. The number of nitrogens with one attached hydrogen (secondary N) is 1. The summed E-state index contributed by atoms with van der Waals surface area (Å²) in [5.74, 6) is -2.85. The van der Waals surface area contributed by atoms with Gasteiger partial charge in [-0.25, -0.2) is 18.6 Å². The lowest BCUT2D eigenvalue weighted by Gasteiger charge is -2.20. The summed E-state index contributed by atoms with van der Waals surface area (Å²) in [6, 6.07) is 4.54. The second kappa shape index (κ2) is 7.69. The average molecular weight is 394 g/mol. The van der Waals surface area contributed by atoms with E-state index in [0.29, 0.717) is 12.5 Å². The van der Waals surface area contributed by atoms with E-state index in [1.54, 1.807) is 20.8 Å². The van der Waals surface area contributed by atoms with Crippen molar-refractivity contribution >= 4 is 6.09 Å². The van der Waals surface area contributed by atoms with E-state index in [2.05, 4.69) is 10.3 Å². The van der Waals surface area contributed by atoms with E-state index in [1.807, 2.05) is 0 Å². The minimum absolute atomic E-state index is 0.149. The standard InChI is InChI=1S/C20H21F3N2O3/c1-20(2,3)28-19(26)25-16-9-13(16)14-7-12(21)8-15(22)17(14)27-10-11-5-4-6-24-18(11)23/h4-8,13,16H,9-10H2,1-3H3,(H,25,26)/t13-,16+/m0/s1. The zero-order chi connectivity index (χ0) is 20.5. The number of rotatable bonds is 5. The van der Waals surface area contributed by atoms with Crippen LogP contribution in [0.3, 0.4) is 0 Å². The monoisotopic (exact) mass is 394 g/mol. The molecule has 1 aliphatic carbocycles. The third kappa shape index (κ3) is 4.94. The molecule has 0 unspecified atom stereocenters. The maximum Gasteiger partial charge on any atom is 0.407 e. The number of halogens is 3. The molecule has 1 fully saturated rings. The number of carbonyl (C=O) groups is 1. The summed E-state index contributed by atoms with van der Waals surface area (Å²) in [4.78, 5) is 15.4. The predicted octanol–water partition coefficient (Wildman–Crippen LogP) is 4.46. The Kier molecular flexibility index (Phi) is 5.49. The molecule has 5 nitrogen and oxygen atoms in total. The Bertz CT molecular complexity index is 883. The van der Waals surface area contributed by atoms with E-state index in [9.17, 15) is 18.0 Å². The molecule has 1 aromatic carbocycles. The molecule has 1 aliphatic rings. The SMILES string of the molecule is CC(C)(C)OC(=O)N[C@@H]1C[C@H]1c1cc(F)cc(F)c1OCc1cccnc1F. The van der Waals surface area contributed by atoms with E-state index in [-0.39, 0.29) is 35.4 Å². The third-order valence-electron chi connectivity index (χ3n) is 4.14. The summed E-state index contributed by atoms with van der Waals surface area (Å²) in [6.45, 7) is 4.96. The van der Waals surface area contributed by atoms with Crippen molar-refractivity contribution in [1.82, 2.24) is 10.3 Å². The van der Waals surface area contributed by atoms with E-state index < -0.39 is 29.3 Å². The van der Waals surface area contributed by atoms with Gasteiger partial charge in [0.2, 0.25) is 5.95 Å². The van der Waals surface area contributed by atoms with Crippen LogP contribution in [0.1, 0.15) is 44.2 Å². The lowest BCUT2D eigenvalue weighted by Crippen LogP contribution is -2.34. The number of aromatic nitrogens is 1. The van der Waals surface area contributed by atoms with Gasteiger partial charge in [-0.1, -0.05) is 0 Å². The third-order valence-corrected chi connectivity index (χ3v) is 4.14. The topological polar surface area (TPSA) is 60.5 Å². The van der Waals surface area contributed by atoms with E-state index in [4.69, 9.17) is 9.47 Å². The first-order valence-electron chi connectivity index (χ1n) is 8.84. The first-order chi connectivity index (χ1) is 13.1. The zero-order valence-corrected chi connectivity index (χ0v) is 15.8. The quantitative estimate of drug-likeness (QED) is 0.761. The van der Waals surface area contributed by atoms with Crippen LogP contribution in [-0.2, 0) is 11.3 Å². The Balaban J connectivity index is 1.73. The highest BCUT2D eigenvalue weighted by Gasteiger charge is 2.43. The molecule has 1 N–H and O–H groups in total. The minimum Gasteiger partial charge on any atom is -0.485 e. The smallest absolute Gasteiger partial charge is 0.407 e. The number of hydrogen-bond donors (Lipinski definition) is 1. The van der Waals surface area contributed by atoms with E-state index >= 15 is 0 Å². The molecule has 0 spiro atoms. The van der Waals surface area contributed by atoms with Crippen molar-refractivity contribution in [3.8, 4) is 5.75 Å². The van der Waals surface area contributed by atoms with Crippen LogP contribution in [0.25, 0.3) is 0 Å². The molecular weight excluding hydrogens is 373 g/mol. The van der Waals surface area contributed by atoms with Crippen molar-refractivity contribution in [2.24, 2.45) is 0 Å². The highest BCUT2D eigenvalue weighted by Crippen LogP contribution is 2.46. The van der Waals surface area contributed by atoms with Gasteiger partial charge in [-0.3, -0.25) is 0 Å². The van der Waals surface area contributed by atoms with Gasteiger partial charge in [-0.15, -0.1) is 0 Å². The minimum atomic E-state index is -0.887. The number of alkyl carbamates (subject to hydrolysis) is 1. The van der Waals surface area contributed by atoms with Crippen LogP contribution in [0.15, 0.2) is 30.5 Å². The number of pyridine rings is 1. The van der Waals surface area contributed by atoms with Crippen LogP contribution in [0.4, 0.5) is 18.0 Å². The molecule has 3 rings (SSSR count). The Morgan fingerprint density at radius 1 is 1.29 bits per heavy atom. The normalized spacial score (nSPS) is 18.5. The predicted molar refractivity (Wildman–Crippen MR) is 95.4 cm³/mol. The van der Waals surface area contributed by atoms with Crippen molar-refractivity contribution in [1.29, 1.82) is 0 Å². The maximum atomic E-state index is 14.3. The Labute approximate surface area is 160 Å². The first kappa shape index (κ1) is 20.0. The zero-order valence-electron chi connectivity index (χ0n) is 15.8. The molecule has 0 bridgehead atoms. The van der Waals surface area contributed by atoms with E-state index in [0.717, 1.165) is 0 Å². The largest absolute Gasteiger partial charge is 0.485 e. The van der Waals surface area contributed by atoms with Crippen LogP contribution >= 0.6 is 0 Å². The number of benzene rings is 1. The Hall–Kier alpha value is -2.77. The fourth-order valence-corrected chi connectivity index (χ4v) is 2.84. The highest BCUT2D eigenvalue weighted by atomic mass is 19.1. The molecule has 8 heteroatoms. The summed E-state index contributed by atoms with van der Waals surface area (Å²) < 4.78 is 52.4. The van der Waals surface area contributed by atoms with Gasteiger partial charge in [0.1, 0.15) is 18.0 Å². The average Bonchev–Trinajstić information content (AvgIpc) is 3.31. The molecular formula is C20H21F3N2O3. The summed E-state index contributed by atoms with van der Waals surface area (Å²) in [5.41, 5.74) is -0.221. The van der Waals surface area contributed by atoms with Gasteiger partial charge in [0.15, 0.2) is 11.6 Å². The van der Waals surface area contributed by atoms with Crippen LogP contribution < -0.4 is 10.1 Å². The molecule has 2 aromatic rings. The molecule has 150 valence electrons. The first-order valence-corrected chi connectivity index (χ1v) is 8.84. The second-order valence-corrected chi connectivity index (χ2v) is 7.64. The molecule has 1 amide bonds. The van der Waals surface area contributed by atoms with Gasteiger partial charge >= 0.3 is 6.09 Å². The lowest BCUT2D eigenvalue weighted by molar-refractivity contribution is 0.0522. The van der Waals surface area contributed by atoms with Gasteiger partial charge in [0.25, 0.3) is 0 Å². The summed E-state index contributed by atoms with van der Waals surface area (Å²) in [6.07, 6.45) is 1.18. The summed E-state index contributed by atoms with van der Waals surface area (Å²) in [5, 5.41) is 2.68. The van der Waals surface area contributed by atoms with Crippen LogP contribution in [-0.4, -0.2) is 22.7 Å². The lowest BCUT2D eigenvalue weighted by atomic mass is 10.1. The molecule has 1 saturated carbocycles. The van der Waals surface area contributed by atoms with Crippen molar-refractivity contribution in [3.05, 3.63) is 59.2 Å². The Morgan fingerprint density at radius 3 is 2.71 bits per heavy atom.